The van der Waals surface area contributed by atoms with E-state index in [0.717, 1.165) is 5.56 Å². The van der Waals surface area contributed by atoms with Crippen molar-refractivity contribution < 1.29 is 19.7 Å². The van der Waals surface area contributed by atoms with Gasteiger partial charge in [0.25, 0.3) is 5.91 Å². The molecule has 10 nitrogen and oxygen atoms in total. The van der Waals surface area contributed by atoms with Crippen LogP contribution in [0.4, 0.5) is 11.6 Å². The fourth-order valence-electron chi connectivity index (χ4n) is 3.00. The van der Waals surface area contributed by atoms with E-state index in [1.54, 1.807) is 55.6 Å². The number of nitrogens with one attached hydrogen (secondary N) is 2. The summed E-state index contributed by atoms with van der Waals surface area (Å²) in [7, 11) is 1.75. The molecular weight excluding hydrogens is 412 g/mol. The predicted molar refractivity (Wildman–Crippen MR) is 119 cm³/mol. The molecule has 1 atom stereocenters. The van der Waals surface area contributed by atoms with E-state index in [0.29, 0.717) is 28.7 Å². The molecule has 0 aliphatic carbocycles. The highest BCUT2D eigenvalue weighted by atomic mass is 16.5. The molecule has 0 aliphatic heterocycles. The van der Waals surface area contributed by atoms with Crippen LogP contribution in [0.2, 0.25) is 0 Å². The molecule has 1 aromatic carbocycles. The van der Waals surface area contributed by atoms with Gasteiger partial charge in [-0.3, -0.25) is 4.79 Å². The van der Waals surface area contributed by atoms with Crippen molar-refractivity contribution >= 4 is 23.2 Å². The monoisotopic (exact) mass is 434 g/mol. The summed E-state index contributed by atoms with van der Waals surface area (Å²) in [5, 5.41) is 28.7. The minimum Gasteiger partial charge on any atom is -0.491 e. The number of nitrogens with zero attached hydrogens (tertiary/aromatic N) is 4. The van der Waals surface area contributed by atoms with Crippen molar-refractivity contribution in [1.82, 2.24) is 19.6 Å². The van der Waals surface area contributed by atoms with E-state index < -0.39 is 12.0 Å². The molecule has 0 bridgehead atoms. The van der Waals surface area contributed by atoms with Crippen molar-refractivity contribution in [2.75, 3.05) is 30.9 Å². The van der Waals surface area contributed by atoms with Gasteiger partial charge in [0.05, 0.1) is 18.5 Å². The largest absolute Gasteiger partial charge is 0.491 e. The van der Waals surface area contributed by atoms with Gasteiger partial charge in [0.1, 0.15) is 30.1 Å². The molecule has 4 rings (SSSR count). The van der Waals surface area contributed by atoms with Crippen LogP contribution in [0.3, 0.4) is 0 Å². The number of hydrogen-bond acceptors (Lipinski definition) is 8. The van der Waals surface area contributed by atoms with Crippen molar-refractivity contribution in [3.05, 3.63) is 66.5 Å². The molecule has 0 saturated carbocycles. The molecule has 4 aromatic rings. The number of anilines is 2. The lowest BCUT2D eigenvalue weighted by molar-refractivity contribution is 0.0536. The maximum atomic E-state index is 12.8. The molecule has 0 fully saturated rings. The summed E-state index contributed by atoms with van der Waals surface area (Å²) >= 11 is 0. The Labute approximate surface area is 183 Å². The highest BCUT2D eigenvalue weighted by Crippen LogP contribution is 2.23. The number of aliphatic hydroxyl groups excluding tert-OH is 2. The van der Waals surface area contributed by atoms with Crippen LogP contribution < -0.4 is 15.4 Å². The molecule has 0 aliphatic rings. The third-order valence-electron chi connectivity index (χ3n) is 4.62. The highest BCUT2D eigenvalue weighted by molar-refractivity contribution is 6.03. The maximum absolute atomic E-state index is 12.8. The summed E-state index contributed by atoms with van der Waals surface area (Å²) in [5.41, 5.74) is 2.14. The topological polar surface area (TPSA) is 134 Å². The fraction of sp³-hybridized carbons (Fsp3) is 0.182. The van der Waals surface area contributed by atoms with E-state index in [1.807, 2.05) is 6.07 Å². The van der Waals surface area contributed by atoms with Crippen molar-refractivity contribution in [2.45, 2.75) is 6.10 Å². The molecule has 0 saturated heterocycles. The fourth-order valence-corrected chi connectivity index (χ4v) is 3.00. The Kier molecular flexibility index (Phi) is 6.24. The van der Waals surface area contributed by atoms with Gasteiger partial charge in [-0.15, -0.1) is 0 Å². The zero-order valence-corrected chi connectivity index (χ0v) is 17.3. The van der Waals surface area contributed by atoms with Crippen molar-refractivity contribution in [3.8, 4) is 17.0 Å². The molecule has 3 heterocycles. The number of carbonyl (C=O) groups is 1. The summed E-state index contributed by atoms with van der Waals surface area (Å²) < 4.78 is 6.98. The number of aliphatic hydroxyl groups is 2. The number of rotatable bonds is 8. The van der Waals surface area contributed by atoms with E-state index in [9.17, 15) is 9.90 Å². The van der Waals surface area contributed by atoms with E-state index in [1.165, 1.54) is 10.7 Å². The number of aromatic nitrogens is 4. The number of carbonyl (C=O) groups excluding carboxylic acids is 1. The van der Waals surface area contributed by atoms with Gasteiger partial charge >= 0.3 is 0 Å². The van der Waals surface area contributed by atoms with Crippen LogP contribution >= 0.6 is 0 Å². The molecular formula is C22H22N6O4. The number of fused-ring (bicyclic) bond motifs is 1. The molecule has 1 amide bonds. The van der Waals surface area contributed by atoms with Crippen molar-refractivity contribution in [3.63, 3.8) is 0 Å². The Bertz CT molecular complexity index is 1240. The van der Waals surface area contributed by atoms with E-state index >= 15 is 0 Å². The van der Waals surface area contributed by atoms with Crippen LogP contribution in [0.15, 0.2) is 60.8 Å². The summed E-state index contributed by atoms with van der Waals surface area (Å²) in [5.74, 6) is 1.17. The van der Waals surface area contributed by atoms with Gasteiger partial charge in [-0.1, -0.05) is 18.2 Å². The Morgan fingerprint density at radius 2 is 1.97 bits per heavy atom. The van der Waals surface area contributed by atoms with Crippen molar-refractivity contribution in [2.24, 2.45) is 0 Å². The Morgan fingerprint density at radius 1 is 1.16 bits per heavy atom. The minimum absolute atomic E-state index is 0.0267. The SMILES string of the molecule is CNc1cccc(NC(=O)c2cnc3ccc(-c4cccc(OCC(O)CO)c4)nn23)n1. The zero-order valence-electron chi connectivity index (χ0n) is 17.3. The van der Waals surface area contributed by atoms with Gasteiger partial charge in [0, 0.05) is 12.6 Å². The number of benzene rings is 1. The molecule has 4 N–H and O–H groups in total. The van der Waals surface area contributed by atoms with E-state index in [2.05, 4.69) is 25.7 Å². The first-order valence-electron chi connectivity index (χ1n) is 9.90. The lowest BCUT2D eigenvalue weighted by Gasteiger charge is -2.11. The summed E-state index contributed by atoms with van der Waals surface area (Å²) in [4.78, 5) is 21.4. The molecule has 0 radical (unpaired) electrons. The smallest absolute Gasteiger partial charge is 0.277 e. The molecule has 0 spiro atoms. The second kappa shape index (κ2) is 9.41. The molecule has 3 aromatic heterocycles. The van der Waals surface area contributed by atoms with Crippen LogP contribution in [0.5, 0.6) is 5.75 Å². The first kappa shape index (κ1) is 21.2. The zero-order chi connectivity index (χ0) is 22.5. The molecule has 1 unspecified atom stereocenters. The number of imidazole rings is 1. The number of amides is 1. The molecule has 10 heteroatoms. The quantitative estimate of drug-likeness (QED) is 0.330. The van der Waals surface area contributed by atoms with Crippen molar-refractivity contribution in [1.29, 1.82) is 0 Å². The molecule has 32 heavy (non-hydrogen) atoms. The summed E-state index contributed by atoms with van der Waals surface area (Å²) in [6.07, 6.45) is 0.502. The number of hydrogen-bond donors (Lipinski definition) is 4. The minimum atomic E-state index is -0.955. The van der Waals surface area contributed by atoms with Gasteiger partial charge < -0.3 is 25.6 Å². The Balaban J connectivity index is 1.59. The van der Waals surface area contributed by atoms with Gasteiger partial charge in [0.15, 0.2) is 11.3 Å². The van der Waals surface area contributed by atoms with Crippen LogP contribution in [-0.4, -0.2) is 62.1 Å². The molecule has 164 valence electrons. The number of ether oxygens (including phenoxy) is 1. The highest BCUT2D eigenvalue weighted by Gasteiger charge is 2.15. The van der Waals surface area contributed by atoms with Gasteiger partial charge in [0.2, 0.25) is 0 Å². The van der Waals surface area contributed by atoms with Crippen LogP contribution in [0, 0.1) is 0 Å². The number of pyridine rings is 1. The predicted octanol–water partition coefficient (Wildman–Crippen LogP) is 1.82. The van der Waals surface area contributed by atoms with E-state index in [-0.39, 0.29) is 18.9 Å². The average molecular weight is 434 g/mol. The lowest BCUT2D eigenvalue weighted by Crippen LogP contribution is -2.21. The summed E-state index contributed by atoms with van der Waals surface area (Å²) in [6, 6.07) is 16.0. The Hall–Kier alpha value is -4.02. The van der Waals surface area contributed by atoms with Gasteiger partial charge in [-0.2, -0.15) is 5.10 Å². The normalized spacial score (nSPS) is 11.8. The third-order valence-corrected chi connectivity index (χ3v) is 4.62. The Morgan fingerprint density at radius 3 is 2.78 bits per heavy atom. The average Bonchev–Trinajstić information content (AvgIpc) is 3.26. The standard InChI is InChI=1S/C22H22N6O4/c1-23-19-6-3-7-20(25-19)26-22(31)18-11-24-21-9-8-17(27-28(18)21)14-4-2-5-16(10-14)32-13-15(30)12-29/h2-11,15,29-30H,12-13H2,1H3,(H2,23,25,26,31). The third kappa shape index (κ3) is 4.66. The van der Waals surface area contributed by atoms with E-state index in [4.69, 9.17) is 9.84 Å². The second-order valence-electron chi connectivity index (χ2n) is 6.92. The van der Waals surface area contributed by atoms with Gasteiger partial charge in [-0.25, -0.2) is 14.5 Å². The maximum Gasteiger partial charge on any atom is 0.277 e. The van der Waals surface area contributed by atoms with Crippen LogP contribution in [0.25, 0.3) is 16.9 Å². The van der Waals surface area contributed by atoms with Crippen LogP contribution in [-0.2, 0) is 0 Å². The summed E-state index contributed by atoms with van der Waals surface area (Å²) in [6.45, 7) is -0.404. The first-order chi connectivity index (χ1) is 15.6. The second-order valence-corrected chi connectivity index (χ2v) is 6.92. The van der Waals surface area contributed by atoms with Crippen LogP contribution in [0.1, 0.15) is 10.5 Å². The lowest BCUT2D eigenvalue weighted by atomic mass is 10.1. The van der Waals surface area contributed by atoms with Gasteiger partial charge in [-0.05, 0) is 36.4 Å². The first-order valence-corrected chi connectivity index (χ1v) is 9.90.